The van der Waals surface area contributed by atoms with Crippen molar-refractivity contribution in [2.45, 2.75) is 45.7 Å². The fourth-order valence-electron chi connectivity index (χ4n) is 3.25. The average molecular weight is 326 g/mol. The van der Waals surface area contributed by atoms with Crippen molar-refractivity contribution in [2.24, 2.45) is 0 Å². The molecule has 0 saturated carbocycles. The number of likely N-dealkylation sites (tertiary alicyclic amines) is 1. The first kappa shape index (κ1) is 16.7. The Labute approximate surface area is 143 Å². The van der Waals surface area contributed by atoms with E-state index in [0.717, 1.165) is 24.5 Å². The molecule has 2 heterocycles. The lowest BCUT2D eigenvalue weighted by molar-refractivity contribution is -0.116. The van der Waals surface area contributed by atoms with Gasteiger partial charge in [0, 0.05) is 44.0 Å². The highest BCUT2D eigenvalue weighted by atomic mass is 16.1. The maximum atomic E-state index is 12.2. The van der Waals surface area contributed by atoms with E-state index >= 15 is 0 Å². The Hall–Kier alpha value is -2.14. The number of rotatable bonds is 7. The Morgan fingerprint density at radius 1 is 1.29 bits per heavy atom. The molecule has 128 valence electrons. The summed E-state index contributed by atoms with van der Waals surface area (Å²) in [6.07, 6.45) is 7.66. The Bertz CT molecular complexity index is 674. The highest BCUT2D eigenvalue weighted by molar-refractivity contribution is 5.90. The molecule has 1 aromatic heterocycles. The van der Waals surface area contributed by atoms with Crippen molar-refractivity contribution in [1.82, 2.24) is 14.5 Å². The summed E-state index contributed by atoms with van der Waals surface area (Å²) in [7, 11) is 0. The van der Waals surface area contributed by atoms with Crippen LogP contribution in [0, 0.1) is 0 Å². The number of carbonyl (C=O) groups is 1. The molecular formula is C19H26N4O. The Morgan fingerprint density at radius 3 is 2.92 bits per heavy atom. The molecule has 0 unspecified atom stereocenters. The first-order valence-electron chi connectivity index (χ1n) is 8.86. The molecule has 1 fully saturated rings. The van der Waals surface area contributed by atoms with Crippen LogP contribution in [0.25, 0.3) is 0 Å². The van der Waals surface area contributed by atoms with Gasteiger partial charge in [-0.2, -0.15) is 0 Å². The quantitative estimate of drug-likeness (QED) is 0.851. The van der Waals surface area contributed by atoms with Crippen molar-refractivity contribution in [3.8, 4) is 0 Å². The van der Waals surface area contributed by atoms with E-state index in [0.29, 0.717) is 13.0 Å². The van der Waals surface area contributed by atoms with E-state index in [1.165, 1.54) is 31.5 Å². The highest BCUT2D eigenvalue weighted by Crippen LogP contribution is 2.16. The van der Waals surface area contributed by atoms with Crippen LogP contribution in [0.1, 0.15) is 37.6 Å². The van der Waals surface area contributed by atoms with Crippen LogP contribution in [0.15, 0.2) is 36.7 Å². The number of carbonyl (C=O) groups excluding carboxylic acids is 1. The lowest BCUT2D eigenvalue weighted by Gasteiger charge is -2.15. The second-order valence-corrected chi connectivity index (χ2v) is 6.37. The van der Waals surface area contributed by atoms with Crippen molar-refractivity contribution in [3.05, 3.63) is 48.0 Å². The molecule has 1 N–H and O–H groups in total. The molecule has 1 saturated heterocycles. The first-order chi connectivity index (χ1) is 11.7. The lowest BCUT2D eigenvalue weighted by Crippen LogP contribution is -2.19. The number of hydrogen-bond acceptors (Lipinski definition) is 3. The molecule has 0 aliphatic carbocycles. The number of aromatic nitrogens is 2. The molecular weight excluding hydrogens is 300 g/mol. The monoisotopic (exact) mass is 326 g/mol. The summed E-state index contributed by atoms with van der Waals surface area (Å²) in [6.45, 7) is 6.08. The van der Waals surface area contributed by atoms with Gasteiger partial charge in [-0.1, -0.05) is 19.1 Å². The number of aryl methyl sites for hydroxylation is 2. The Morgan fingerprint density at radius 2 is 2.12 bits per heavy atom. The van der Waals surface area contributed by atoms with Crippen LogP contribution in [-0.4, -0.2) is 33.4 Å². The van der Waals surface area contributed by atoms with Gasteiger partial charge in [-0.15, -0.1) is 0 Å². The Balaban J connectivity index is 1.52. The maximum Gasteiger partial charge on any atom is 0.226 e. The minimum atomic E-state index is 0.0454. The summed E-state index contributed by atoms with van der Waals surface area (Å²) in [6, 6.07) is 8.20. The molecule has 0 radical (unpaired) electrons. The second kappa shape index (κ2) is 8.11. The fraction of sp³-hybridized carbons (Fsp3) is 0.474. The molecule has 1 aromatic carbocycles. The van der Waals surface area contributed by atoms with Crippen LogP contribution in [0.5, 0.6) is 0 Å². The molecule has 0 atom stereocenters. The summed E-state index contributed by atoms with van der Waals surface area (Å²) >= 11 is 0. The van der Waals surface area contributed by atoms with Gasteiger partial charge in [0.05, 0.1) is 0 Å². The van der Waals surface area contributed by atoms with E-state index in [1.807, 2.05) is 22.9 Å². The maximum absolute atomic E-state index is 12.2. The van der Waals surface area contributed by atoms with Gasteiger partial charge in [-0.3, -0.25) is 9.69 Å². The first-order valence-corrected chi connectivity index (χ1v) is 8.86. The van der Waals surface area contributed by atoms with E-state index in [-0.39, 0.29) is 5.91 Å². The zero-order valence-corrected chi connectivity index (χ0v) is 14.4. The van der Waals surface area contributed by atoms with Gasteiger partial charge < -0.3 is 9.88 Å². The normalized spacial score (nSPS) is 14.9. The number of benzene rings is 1. The van der Waals surface area contributed by atoms with Gasteiger partial charge in [0.15, 0.2) is 0 Å². The van der Waals surface area contributed by atoms with Crippen molar-refractivity contribution in [3.63, 3.8) is 0 Å². The smallest absolute Gasteiger partial charge is 0.226 e. The summed E-state index contributed by atoms with van der Waals surface area (Å²) in [5, 5.41) is 3.02. The number of imidazole rings is 1. The molecule has 1 aliphatic rings. The summed E-state index contributed by atoms with van der Waals surface area (Å²) in [4.78, 5) is 19.0. The summed E-state index contributed by atoms with van der Waals surface area (Å²) in [5.41, 5.74) is 2.15. The standard InChI is InChI=1S/C19H26N4O/c1-2-18-20-9-13-23(18)12-8-19(24)21-17-7-5-6-16(14-17)15-22-10-3-4-11-22/h5-7,9,13-14H,2-4,8,10-12,15H2,1H3,(H,21,24). The third-order valence-electron chi connectivity index (χ3n) is 4.51. The van der Waals surface area contributed by atoms with Crippen LogP contribution < -0.4 is 5.32 Å². The number of anilines is 1. The van der Waals surface area contributed by atoms with Crippen molar-refractivity contribution < 1.29 is 4.79 Å². The fourth-order valence-corrected chi connectivity index (χ4v) is 3.25. The average Bonchev–Trinajstić information content (AvgIpc) is 3.24. The molecule has 1 aliphatic heterocycles. The molecule has 0 spiro atoms. The highest BCUT2D eigenvalue weighted by Gasteiger charge is 2.12. The Kier molecular flexibility index (Phi) is 5.64. The molecule has 24 heavy (non-hydrogen) atoms. The van der Waals surface area contributed by atoms with Crippen molar-refractivity contribution in [1.29, 1.82) is 0 Å². The predicted octanol–water partition coefficient (Wildman–Crippen LogP) is 3.07. The van der Waals surface area contributed by atoms with Gasteiger partial charge in [0.25, 0.3) is 0 Å². The molecule has 5 nitrogen and oxygen atoms in total. The third-order valence-corrected chi connectivity index (χ3v) is 4.51. The number of nitrogens with one attached hydrogen (secondary N) is 1. The van der Waals surface area contributed by atoms with Crippen LogP contribution in [-0.2, 0) is 24.3 Å². The van der Waals surface area contributed by atoms with Crippen LogP contribution in [0.4, 0.5) is 5.69 Å². The van der Waals surface area contributed by atoms with E-state index in [1.54, 1.807) is 6.20 Å². The molecule has 0 bridgehead atoms. The topological polar surface area (TPSA) is 50.2 Å². The summed E-state index contributed by atoms with van der Waals surface area (Å²) < 4.78 is 2.05. The largest absolute Gasteiger partial charge is 0.334 e. The van der Waals surface area contributed by atoms with Crippen LogP contribution in [0.3, 0.4) is 0 Å². The number of amides is 1. The van der Waals surface area contributed by atoms with Gasteiger partial charge >= 0.3 is 0 Å². The lowest BCUT2D eigenvalue weighted by atomic mass is 10.2. The van der Waals surface area contributed by atoms with Gasteiger partial charge in [-0.25, -0.2) is 4.98 Å². The van der Waals surface area contributed by atoms with Crippen molar-refractivity contribution in [2.75, 3.05) is 18.4 Å². The molecule has 3 rings (SSSR count). The van der Waals surface area contributed by atoms with Gasteiger partial charge in [0.1, 0.15) is 5.82 Å². The van der Waals surface area contributed by atoms with Crippen molar-refractivity contribution >= 4 is 11.6 Å². The van der Waals surface area contributed by atoms with Crippen LogP contribution >= 0.6 is 0 Å². The SMILES string of the molecule is CCc1nccn1CCC(=O)Nc1cccc(CN2CCCC2)c1. The third kappa shape index (κ3) is 4.45. The van der Waals surface area contributed by atoms with E-state index in [4.69, 9.17) is 0 Å². The van der Waals surface area contributed by atoms with Crippen LogP contribution in [0.2, 0.25) is 0 Å². The summed E-state index contributed by atoms with van der Waals surface area (Å²) in [5.74, 6) is 1.07. The van der Waals surface area contributed by atoms with E-state index < -0.39 is 0 Å². The van der Waals surface area contributed by atoms with E-state index in [2.05, 4.69) is 34.3 Å². The second-order valence-electron chi connectivity index (χ2n) is 6.37. The molecule has 2 aromatic rings. The zero-order valence-electron chi connectivity index (χ0n) is 14.4. The van der Waals surface area contributed by atoms with Gasteiger partial charge in [-0.05, 0) is 43.6 Å². The predicted molar refractivity (Wildman–Crippen MR) is 95.8 cm³/mol. The molecule has 5 heteroatoms. The van der Waals surface area contributed by atoms with E-state index in [9.17, 15) is 4.79 Å². The zero-order chi connectivity index (χ0) is 16.8. The van der Waals surface area contributed by atoms with Gasteiger partial charge in [0.2, 0.25) is 5.91 Å². The minimum absolute atomic E-state index is 0.0454. The number of hydrogen-bond donors (Lipinski definition) is 1. The number of nitrogens with zero attached hydrogens (tertiary/aromatic N) is 3. The molecule has 1 amide bonds. The minimum Gasteiger partial charge on any atom is -0.334 e.